The van der Waals surface area contributed by atoms with Crippen LogP contribution in [0.4, 0.5) is 0 Å². The number of nitrogens with one attached hydrogen (secondary N) is 1. The van der Waals surface area contributed by atoms with Crippen LogP contribution in [0.15, 0.2) is 22.9 Å². The maximum absolute atomic E-state index is 12.6. The molecule has 128 valence electrons. The standard InChI is InChI=1S/C18H18N4O3/c19-17(23)2-1-12-10-25-16-8-20-14(7-13(12)16)18(24)21-15-9-22-5-3-11(15)4-6-22/h7-8,10-11,15H,3-6,9H2,(H2,19,23)(H,21,24)/t15-/m0/s1. The molecule has 5 rings (SSSR count). The Hall–Kier alpha value is -2.85. The fraction of sp³-hybridized carbons (Fsp3) is 0.389. The molecule has 0 unspecified atom stereocenters. The van der Waals surface area contributed by atoms with Gasteiger partial charge in [0.15, 0.2) is 5.58 Å². The molecule has 2 aromatic rings. The molecule has 7 nitrogen and oxygen atoms in total. The van der Waals surface area contributed by atoms with Gasteiger partial charge < -0.3 is 20.4 Å². The predicted molar refractivity (Wildman–Crippen MR) is 90.5 cm³/mol. The van der Waals surface area contributed by atoms with E-state index in [1.165, 1.54) is 12.5 Å². The molecule has 3 fully saturated rings. The van der Waals surface area contributed by atoms with Crippen molar-refractivity contribution in [3.8, 4) is 11.8 Å². The van der Waals surface area contributed by atoms with E-state index in [2.05, 4.69) is 27.0 Å². The Morgan fingerprint density at radius 2 is 2.16 bits per heavy atom. The lowest BCUT2D eigenvalue weighted by Crippen LogP contribution is -2.57. The van der Waals surface area contributed by atoms with Crippen molar-refractivity contribution in [1.29, 1.82) is 0 Å². The van der Waals surface area contributed by atoms with Crippen LogP contribution >= 0.6 is 0 Å². The minimum absolute atomic E-state index is 0.172. The van der Waals surface area contributed by atoms with Crippen molar-refractivity contribution < 1.29 is 14.0 Å². The second-order valence-electron chi connectivity index (χ2n) is 6.55. The summed E-state index contributed by atoms with van der Waals surface area (Å²) in [6.45, 7) is 3.15. The number of pyridine rings is 1. The SMILES string of the molecule is NC(=O)C#Cc1coc2cnc(C(=O)N[C@H]3CN4CCC3CC4)cc12. The molecule has 7 heteroatoms. The van der Waals surface area contributed by atoms with E-state index in [1.54, 1.807) is 6.07 Å². The van der Waals surface area contributed by atoms with Crippen molar-refractivity contribution in [2.75, 3.05) is 19.6 Å². The van der Waals surface area contributed by atoms with E-state index in [1.807, 2.05) is 0 Å². The van der Waals surface area contributed by atoms with Crippen molar-refractivity contribution >= 4 is 22.8 Å². The normalized spacial score (nSPS) is 24.6. The van der Waals surface area contributed by atoms with E-state index in [9.17, 15) is 9.59 Å². The van der Waals surface area contributed by atoms with Gasteiger partial charge in [0.25, 0.3) is 11.8 Å². The van der Waals surface area contributed by atoms with E-state index < -0.39 is 5.91 Å². The first-order valence-corrected chi connectivity index (χ1v) is 8.32. The predicted octanol–water partition coefficient (Wildman–Crippen LogP) is 0.489. The monoisotopic (exact) mass is 338 g/mol. The van der Waals surface area contributed by atoms with Crippen LogP contribution in [-0.4, -0.2) is 47.4 Å². The van der Waals surface area contributed by atoms with Gasteiger partial charge in [0, 0.05) is 23.9 Å². The number of primary amides is 1. The lowest BCUT2D eigenvalue weighted by Gasteiger charge is -2.44. The van der Waals surface area contributed by atoms with Crippen LogP contribution in [0.1, 0.15) is 28.9 Å². The van der Waals surface area contributed by atoms with Crippen molar-refractivity contribution in [2.24, 2.45) is 11.7 Å². The van der Waals surface area contributed by atoms with Gasteiger partial charge in [0.2, 0.25) is 0 Å². The molecule has 2 amide bonds. The van der Waals surface area contributed by atoms with Gasteiger partial charge in [-0.05, 0) is 37.9 Å². The van der Waals surface area contributed by atoms with Gasteiger partial charge in [0.1, 0.15) is 12.0 Å². The van der Waals surface area contributed by atoms with Gasteiger partial charge in [-0.2, -0.15) is 0 Å². The third-order valence-corrected chi connectivity index (χ3v) is 4.99. The average Bonchev–Trinajstić information content (AvgIpc) is 3.03. The summed E-state index contributed by atoms with van der Waals surface area (Å²) < 4.78 is 5.35. The average molecular weight is 338 g/mol. The number of piperidine rings is 3. The van der Waals surface area contributed by atoms with Crippen molar-refractivity contribution in [1.82, 2.24) is 15.2 Å². The van der Waals surface area contributed by atoms with Gasteiger partial charge in [0.05, 0.1) is 11.8 Å². The van der Waals surface area contributed by atoms with Gasteiger partial charge in [-0.15, -0.1) is 0 Å². The molecule has 25 heavy (non-hydrogen) atoms. The summed E-state index contributed by atoms with van der Waals surface area (Å²) in [6.07, 6.45) is 5.19. The zero-order chi connectivity index (χ0) is 17.4. The Bertz CT molecular complexity index is 900. The summed E-state index contributed by atoms with van der Waals surface area (Å²) in [4.78, 5) is 30.0. The smallest absolute Gasteiger partial charge is 0.293 e. The second kappa shape index (κ2) is 6.22. The van der Waals surface area contributed by atoms with Crippen LogP contribution < -0.4 is 11.1 Å². The molecule has 2 aromatic heterocycles. The van der Waals surface area contributed by atoms with Gasteiger partial charge in [-0.1, -0.05) is 5.92 Å². The number of fused-ring (bicyclic) bond motifs is 4. The largest absolute Gasteiger partial charge is 0.461 e. The fourth-order valence-electron chi connectivity index (χ4n) is 3.65. The lowest BCUT2D eigenvalue weighted by molar-refractivity contribution is -0.112. The first-order chi connectivity index (χ1) is 12.1. The molecule has 3 aliphatic rings. The molecule has 2 bridgehead atoms. The molecule has 0 aliphatic carbocycles. The quantitative estimate of drug-likeness (QED) is 0.776. The summed E-state index contributed by atoms with van der Waals surface area (Å²) >= 11 is 0. The Kier molecular flexibility index (Phi) is 3.90. The highest BCUT2D eigenvalue weighted by Crippen LogP contribution is 2.28. The Labute approximate surface area is 144 Å². The molecular weight excluding hydrogens is 320 g/mol. The van der Waals surface area contributed by atoms with Gasteiger partial charge in [-0.3, -0.25) is 9.59 Å². The Morgan fingerprint density at radius 3 is 2.84 bits per heavy atom. The number of carbonyl (C=O) groups is 2. The molecule has 0 saturated carbocycles. The lowest BCUT2D eigenvalue weighted by atomic mass is 9.84. The van der Waals surface area contributed by atoms with Crippen LogP contribution in [-0.2, 0) is 4.79 Å². The topological polar surface area (TPSA) is 101 Å². The number of rotatable bonds is 2. The number of amides is 2. The third kappa shape index (κ3) is 3.08. The van der Waals surface area contributed by atoms with Crippen LogP contribution in [0.3, 0.4) is 0 Å². The molecule has 5 heterocycles. The van der Waals surface area contributed by atoms with E-state index in [4.69, 9.17) is 10.2 Å². The summed E-state index contributed by atoms with van der Waals surface area (Å²) in [5.41, 5.74) is 6.37. The number of nitrogens with zero attached hydrogens (tertiary/aromatic N) is 2. The zero-order valence-corrected chi connectivity index (χ0v) is 13.6. The van der Waals surface area contributed by atoms with Gasteiger partial charge >= 0.3 is 0 Å². The molecule has 0 radical (unpaired) electrons. The number of carbonyl (C=O) groups excluding carboxylic acids is 2. The van der Waals surface area contributed by atoms with Crippen LogP contribution in [0.2, 0.25) is 0 Å². The van der Waals surface area contributed by atoms with E-state index in [0.717, 1.165) is 32.5 Å². The minimum atomic E-state index is -0.719. The number of hydrogen-bond acceptors (Lipinski definition) is 5. The van der Waals surface area contributed by atoms with Crippen molar-refractivity contribution in [2.45, 2.75) is 18.9 Å². The third-order valence-electron chi connectivity index (χ3n) is 4.99. The number of hydrogen-bond donors (Lipinski definition) is 2. The maximum Gasteiger partial charge on any atom is 0.293 e. The highest BCUT2D eigenvalue weighted by molar-refractivity contribution is 5.98. The van der Waals surface area contributed by atoms with E-state index in [-0.39, 0.29) is 11.9 Å². The van der Waals surface area contributed by atoms with E-state index >= 15 is 0 Å². The summed E-state index contributed by atoms with van der Waals surface area (Å²) in [5.74, 6) is 4.56. The van der Waals surface area contributed by atoms with Crippen molar-refractivity contribution in [3.05, 3.63) is 29.8 Å². The summed E-state index contributed by atoms with van der Waals surface area (Å²) in [6, 6.07) is 1.81. The molecule has 3 N–H and O–H groups in total. The number of nitrogens with two attached hydrogens (primary N) is 1. The number of aromatic nitrogens is 1. The molecular formula is C18H18N4O3. The number of furan rings is 1. The molecule has 1 atom stereocenters. The first kappa shape index (κ1) is 15.7. The Morgan fingerprint density at radius 1 is 1.36 bits per heavy atom. The second-order valence-corrected chi connectivity index (χ2v) is 6.55. The van der Waals surface area contributed by atoms with Crippen LogP contribution in [0, 0.1) is 17.8 Å². The summed E-state index contributed by atoms with van der Waals surface area (Å²) in [7, 11) is 0. The van der Waals surface area contributed by atoms with E-state index in [0.29, 0.717) is 28.1 Å². The zero-order valence-electron chi connectivity index (χ0n) is 13.6. The van der Waals surface area contributed by atoms with Crippen molar-refractivity contribution in [3.63, 3.8) is 0 Å². The highest BCUT2D eigenvalue weighted by atomic mass is 16.3. The van der Waals surface area contributed by atoms with Crippen LogP contribution in [0.5, 0.6) is 0 Å². The molecule has 3 saturated heterocycles. The minimum Gasteiger partial charge on any atom is -0.461 e. The first-order valence-electron chi connectivity index (χ1n) is 8.32. The Balaban J connectivity index is 1.56. The summed E-state index contributed by atoms with van der Waals surface area (Å²) in [5, 5.41) is 3.75. The van der Waals surface area contributed by atoms with Gasteiger partial charge in [-0.25, -0.2) is 4.98 Å². The fourth-order valence-corrected chi connectivity index (χ4v) is 3.65. The molecule has 3 aliphatic heterocycles. The maximum atomic E-state index is 12.6. The van der Waals surface area contributed by atoms with Crippen LogP contribution in [0.25, 0.3) is 11.0 Å². The molecule has 0 spiro atoms. The highest BCUT2D eigenvalue weighted by Gasteiger charge is 2.35. The molecule has 0 aromatic carbocycles.